The van der Waals surface area contributed by atoms with Gasteiger partial charge in [0.15, 0.2) is 0 Å². The quantitative estimate of drug-likeness (QED) is 0.757. The van der Waals surface area contributed by atoms with Crippen molar-refractivity contribution >= 4 is 11.6 Å². The van der Waals surface area contributed by atoms with Crippen molar-refractivity contribution in [1.29, 1.82) is 0 Å². The number of hydrogen-bond donors (Lipinski definition) is 1. The predicted molar refractivity (Wildman–Crippen MR) is 91.9 cm³/mol. The van der Waals surface area contributed by atoms with Gasteiger partial charge in [0.25, 0.3) is 0 Å². The van der Waals surface area contributed by atoms with Gasteiger partial charge in [-0.15, -0.1) is 0 Å². The molecule has 0 fully saturated rings. The minimum absolute atomic E-state index is 0.0285. The maximum absolute atomic E-state index is 12.3. The first-order valence-electron chi connectivity index (χ1n) is 7.93. The fraction of sp³-hybridized carbons (Fsp3) is 0.222. The van der Waals surface area contributed by atoms with Gasteiger partial charge in [-0.25, -0.2) is 14.6 Å². The van der Waals surface area contributed by atoms with Crippen LogP contribution in [0.3, 0.4) is 0 Å². The number of nitrogens with one attached hydrogen (secondary N) is 1. The van der Waals surface area contributed by atoms with Crippen LogP contribution in [0.2, 0.25) is 0 Å². The zero-order chi connectivity index (χ0) is 16.8. The molecule has 0 saturated heterocycles. The molecule has 0 spiro atoms. The molecule has 2 heterocycles. The normalized spacial score (nSPS) is 11.9. The van der Waals surface area contributed by atoms with E-state index in [1.54, 1.807) is 30.9 Å². The third-order valence-electron chi connectivity index (χ3n) is 3.82. The molecular formula is C18H19N5O. The summed E-state index contributed by atoms with van der Waals surface area (Å²) >= 11 is 0. The van der Waals surface area contributed by atoms with E-state index in [1.165, 1.54) is 10.2 Å². The van der Waals surface area contributed by atoms with Gasteiger partial charge in [-0.05, 0) is 24.0 Å². The Labute approximate surface area is 140 Å². The Morgan fingerprint density at radius 2 is 1.92 bits per heavy atom. The largest absolute Gasteiger partial charge is 0.323 e. The lowest BCUT2D eigenvalue weighted by Gasteiger charge is -2.14. The van der Waals surface area contributed by atoms with Crippen molar-refractivity contribution < 1.29 is 4.79 Å². The molecule has 1 atom stereocenters. The number of carbonyl (C=O) groups excluding carboxylic acids is 1. The number of hydrogen-bond acceptors (Lipinski definition) is 4. The topological polar surface area (TPSA) is 72.7 Å². The second-order valence-electron chi connectivity index (χ2n) is 5.49. The Morgan fingerprint density at radius 3 is 2.62 bits per heavy atom. The first kappa shape index (κ1) is 15.9. The van der Waals surface area contributed by atoms with Gasteiger partial charge in [0, 0.05) is 18.8 Å². The number of aromatic nitrogens is 4. The lowest BCUT2D eigenvalue weighted by molar-refractivity contribution is -0.116. The van der Waals surface area contributed by atoms with Gasteiger partial charge >= 0.3 is 0 Å². The lowest BCUT2D eigenvalue weighted by atomic mass is 9.93. The van der Waals surface area contributed by atoms with Gasteiger partial charge in [-0.2, -0.15) is 5.10 Å². The molecule has 1 amide bonds. The van der Waals surface area contributed by atoms with Gasteiger partial charge in [0.2, 0.25) is 11.9 Å². The lowest BCUT2D eigenvalue weighted by Crippen LogP contribution is -2.15. The molecule has 24 heavy (non-hydrogen) atoms. The highest BCUT2D eigenvalue weighted by molar-refractivity contribution is 5.91. The van der Waals surface area contributed by atoms with E-state index in [4.69, 9.17) is 0 Å². The minimum Gasteiger partial charge on any atom is -0.323 e. The van der Waals surface area contributed by atoms with Crippen molar-refractivity contribution in [3.63, 3.8) is 0 Å². The zero-order valence-corrected chi connectivity index (χ0v) is 13.5. The summed E-state index contributed by atoms with van der Waals surface area (Å²) in [5, 5.41) is 7.06. The third-order valence-corrected chi connectivity index (χ3v) is 3.82. The van der Waals surface area contributed by atoms with Gasteiger partial charge in [0.05, 0.1) is 18.1 Å². The second-order valence-corrected chi connectivity index (χ2v) is 5.49. The highest BCUT2D eigenvalue weighted by atomic mass is 16.1. The molecule has 1 aromatic carbocycles. The van der Waals surface area contributed by atoms with Crippen LogP contribution in [0.4, 0.5) is 5.69 Å². The summed E-state index contributed by atoms with van der Waals surface area (Å²) in [4.78, 5) is 20.6. The van der Waals surface area contributed by atoms with Crippen LogP contribution < -0.4 is 5.32 Å². The number of anilines is 1. The van der Waals surface area contributed by atoms with Crippen LogP contribution in [0.15, 0.2) is 61.2 Å². The summed E-state index contributed by atoms with van der Waals surface area (Å²) in [6, 6.07) is 11.8. The van der Waals surface area contributed by atoms with Crippen molar-refractivity contribution in [2.24, 2.45) is 0 Å². The Bertz CT molecular complexity index is 785. The van der Waals surface area contributed by atoms with E-state index < -0.39 is 0 Å². The fourth-order valence-electron chi connectivity index (χ4n) is 2.57. The zero-order valence-electron chi connectivity index (χ0n) is 13.5. The smallest absolute Gasteiger partial charge is 0.250 e. The molecule has 122 valence electrons. The number of amides is 1. The molecule has 3 aromatic rings. The van der Waals surface area contributed by atoms with Crippen molar-refractivity contribution in [2.45, 2.75) is 25.7 Å². The summed E-state index contributed by atoms with van der Waals surface area (Å²) in [7, 11) is 0. The Morgan fingerprint density at radius 1 is 1.17 bits per heavy atom. The van der Waals surface area contributed by atoms with Crippen LogP contribution in [-0.4, -0.2) is 25.7 Å². The molecule has 0 radical (unpaired) electrons. The van der Waals surface area contributed by atoms with Crippen LogP contribution >= 0.6 is 0 Å². The summed E-state index contributed by atoms with van der Waals surface area (Å²) in [6.45, 7) is 2.09. The van der Waals surface area contributed by atoms with Crippen LogP contribution in [-0.2, 0) is 4.79 Å². The summed E-state index contributed by atoms with van der Waals surface area (Å²) < 4.78 is 1.53. The standard InChI is InChI=1S/C18H19N5O/c1-2-14(15-7-4-3-5-8-15)11-17(24)22-16-12-21-23(13-16)18-19-9-6-10-20-18/h3-10,12-14H,2,11H2,1H3,(H,22,24)/t14-/m1/s1. The Balaban J connectivity index is 1.64. The molecule has 0 aliphatic heterocycles. The molecule has 2 aromatic heterocycles. The van der Waals surface area contributed by atoms with Crippen LogP contribution in [0, 0.1) is 0 Å². The van der Waals surface area contributed by atoms with Crippen LogP contribution in [0.25, 0.3) is 5.95 Å². The maximum atomic E-state index is 12.3. The highest BCUT2D eigenvalue weighted by Crippen LogP contribution is 2.23. The summed E-state index contributed by atoms with van der Waals surface area (Å²) in [5.74, 6) is 0.645. The van der Waals surface area contributed by atoms with E-state index in [9.17, 15) is 4.79 Å². The number of carbonyl (C=O) groups is 1. The van der Waals surface area contributed by atoms with E-state index in [0.717, 1.165) is 6.42 Å². The van der Waals surface area contributed by atoms with Crippen molar-refractivity contribution in [3.8, 4) is 5.95 Å². The van der Waals surface area contributed by atoms with E-state index in [1.807, 2.05) is 18.2 Å². The summed E-state index contributed by atoms with van der Waals surface area (Å²) in [6.07, 6.45) is 7.94. The van der Waals surface area contributed by atoms with Gasteiger partial charge in [0.1, 0.15) is 0 Å². The van der Waals surface area contributed by atoms with Crippen LogP contribution in [0.5, 0.6) is 0 Å². The van der Waals surface area contributed by atoms with Crippen molar-refractivity contribution in [3.05, 3.63) is 66.7 Å². The third kappa shape index (κ3) is 3.84. The summed E-state index contributed by atoms with van der Waals surface area (Å²) in [5.41, 5.74) is 1.82. The molecule has 0 aliphatic carbocycles. The average Bonchev–Trinajstić information content (AvgIpc) is 3.09. The molecule has 0 unspecified atom stereocenters. The molecule has 0 aliphatic rings. The van der Waals surface area contributed by atoms with E-state index in [2.05, 4.69) is 39.4 Å². The Hall–Kier alpha value is -3.02. The van der Waals surface area contributed by atoms with Gasteiger partial charge in [-0.1, -0.05) is 37.3 Å². The van der Waals surface area contributed by atoms with Crippen molar-refractivity contribution in [1.82, 2.24) is 19.7 Å². The first-order chi connectivity index (χ1) is 11.8. The number of benzene rings is 1. The molecule has 6 nitrogen and oxygen atoms in total. The monoisotopic (exact) mass is 321 g/mol. The molecule has 0 bridgehead atoms. The number of rotatable bonds is 6. The second kappa shape index (κ2) is 7.50. The van der Waals surface area contributed by atoms with Crippen LogP contribution in [0.1, 0.15) is 31.2 Å². The fourth-order valence-corrected chi connectivity index (χ4v) is 2.57. The maximum Gasteiger partial charge on any atom is 0.250 e. The SMILES string of the molecule is CC[C@H](CC(=O)Nc1cnn(-c2ncccn2)c1)c1ccccc1. The van der Waals surface area contributed by atoms with E-state index >= 15 is 0 Å². The van der Waals surface area contributed by atoms with Gasteiger partial charge < -0.3 is 5.32 Å². The first-order valence-corrected chi connectivity index (χ1v) is 7.93. The highest BCUT2D eigenvalue weighted by Gasteiger charge is 2.15. The Kier molecular flexibility index (Phi) is 4.96. The average molecular weight is 321 g/mol. The predicted octanol–water partition coefficient (Wildman–Crippen LogP) is 3.18. The molecule has 1 N–H and O–H groups in total. The minimum atomic E-state index is -0.0285. The van der Waals surface area contributed by atoms with Crippen molar-refractivity contribution in [2.75, 3.05) is 5.32 Å². The molecule has 6 heteroatoms. The molecule has 3 rings (SSSR count). The van der Waals surface area contributed by atoms with E-state index in [-0.39, 0.29) is 11.8 Å². The van der Waals surface area contributed by atoms with E-state index in [0.29, 0.717) is 18.1 Å². The molecule has 0 saturated carbocycles. The van der Waals surface area contributed by atoms with Gasteiger partial charge in [-0.3, -0.25) is 4.79 Å². The number of nitrogens with zero attached hydrogens (tertiary/aromatic N) is 4. The molecular weight excluding hydrogens is 302 g/mol.